The van der Waals surface area contributed by atoms with E-state index in [0.29, 0.717) is 0 Å². The minimum absolute atomic E-state index is 0.892. The van der Waals surface area contributed by atoms with Crippen LogP contribution in [-0.2, 0) is 12.8 Å². The fourth-order valence-electron chi connectivity index (χ4n) is 4.39. The van der Waals surface area contributed by atoms with Crippen molar-refractivity contribution < 1.29 is 0 Å². The Kier molecular flexibility index (Phi) is 5.22. The third-order valence-electron chi connectivity index (χ3n) is 6.31. The summed E-state index contributed by atoms with van der Waals surface area (Å²) in [5, 5.41) is 2.32. The molecule has 0 N–H and O–H groups in total. The zero-order valence-corrected chi connectivity index (χ0v) is 19.2. The highest BCUT2D eigenvalue weighted by Crippen LogP contribution is 2.36. The van der Waals surface area contributed by atoms with E-state index >= 15 is 0 Å². The number of benzene rings is 3. The summed E-state index contributed by atoms with van der Waals surface area (Å²) in [4.78, 5) is 10.2. The van der Waals surface area contributed by atoms with E-state index in [0.717, 1.165) is 46.0 Å². The molecule has 0 spiro atoms. The van der Waals surface area contributed by atoms with Crippen LogP contribution in [0.25, 0.3) is 44.1 Å². The van der Waals surface area contributed by atoms with Crippen LogP contribution < -0.4 is 0 Å². The van der Waals surface area contributed by atoms with Crippen LogP contribution in [0.15, 0.2) is 72.8 Å². The van der Waals surface area contributed by atoms with E-state index in [9.17, 15) is 0 Å². The molecule has 5 aromatic rings. The molecule has 0 bridgehead atoms. The highest BCUT2D eigenvalue weighted by Gasteiger charge is 2.15. The molecule has 3 aromatic carbocycles. The van der Waals surface area contributed by atoms with Gasteiger partial charge in [-0.15, -0.1) is 0 Å². The number of rotatable bonds is 4. The van der Waals surface area contributed by atoms with Crippen LogP contribution in [0.3, 0.4) is 0 Å². The predicted molar refractivity (Wildman–Crippen MR) is 136 cm³/mol. The van der Waals surface area contributed by atoms with E-state index in [1.54, 1.807) is 0 Å². The van der Waals surface area contributed by atoms with Gasteiger partial charge in [0.15, 0.2) is 0 Å². The zero-order valence-electron chi connectivity index (χ0n) is 19.2. The molecule has 32 heavy (non-hydrogen) atoms. The van der Waals surface area contributed by atoms with Gasteiger partial charge in [0, 0.05) is 22.2 Å². The molecule has 0 radical (unpaired) electrons. The average molecular weight is 417 g/mol. The van der Waals surface area contributed by atoms with E-state index in [-0.39, 0.29) is 0 Å². The number of fused-ring (bicyclic) bond motifs is 3. The third-order valence-corrected chi connectivity index (χ3v) is 6.31. The fourth-order valence-corrected chi connectivity index (χ4v) is 4.39. The zero-order chi connectivity index (χ0) is 22.2. The normalized spacial score (nSPS) is 11.4. The molecule has 2 heterocycles. The molecular weight excluding hydrogens is 388 g/mol. The number of nitrogens with zero attached hydrogens (tertiary/aromatic N) is 2. The highest BCUT2D eigenvalue weighted by atomic mass is 14.8. The monoisotopic (exact) mass is 416 g/mol. The smallest absolute Gasteiger partial charge is 0.0974 e. The van der Waals surface area contributed by atoms with E-state index < -0.39 is 0 Å². The van der Waals surface area contributed by atoms with Gasteiger partial charge in [0.25, 0.3) is 0 Å². The molecule has 2 heteroatoms. The summed E-state index contributed by atoms with van der Waals surface area (Å²) in [6.07, 6.45) is 1.78. The Hall–Kier alpha value is -3.52. The Morgan fingerprint density at radius 3 is 1.25 bits per heavy atom. The first-order valence-electron chi connectivity index (χ1n) is 11.5. The summed E-state index contributed by atoms with van der Waals surface area (Å²) in [6.45, 7) is 8.59. The predicted octanol–water partition coefficient (Wildman–Crippen LogP) is 7.86. The number of aromatic nitrogens is 2. The topological polar surface area (TPSA) is 25.8 Å². The van der Waals surface area contributed by atoms with Crippen molar-refractivity contribution in [1.82, 2.24) is 9.97 Å². The first kappa shape index (κ1) is 20.4. The highest BCUT2D eigenvalue weighted by molar-refractivity contribution is 6.12. The van der Waals surface area contributed by atoms with Crippen molar-refractivity contribution >= 4 is 21.8 Å². The van der Waals surface area contributed by atoms with Crippen LogP contribution >= 0.6 is 0 Å². The van der Waals surface area contributed by atoms with Crippen LogP contribution in [0.1, 0.15) is 36.4 Å². The lowest BCUT2D eigenvalue weighted by molar-refractivity contribution is 1.05. The maximum Gasteiger partial charge on any atom is 0.0974 e. The van der Waals surface area contributed by atoms with E-state index in [1.165, 1.54) is 33.4 Å². The first-order valence-corrected chi connectivity index (χ1v) is 11.5. The molecular formula is C30H28N2. The second kappa shape index (κ2) is 8.20. The van der Waals surface area contributed by atoms with Crippen molar-refractivity contribution in [2.45, 2.75) is 40.5 Å². The molecule has 0 amide bonds. The largest absolute Gasteiger partial charge is 0.251 e. The number of pyridine rings is 2. The van der Waals surface area contributed by atoms with Crippen molar-refractivity contribution in [2.75, 3.05) is 0 Å². The van der Waals surface area contributed by atoms with Gasteiger partial charge < -0.3 is 0 Å². The summed E-state index contributed by atoms with van der Waals surface area (Å²) < 4.78 is 0. The van der Waals surface area contributed by atoms with Crippen molar-refractivity contribution in [3.8, 4) is 22.3 Å². The molecule has 158 valence electrons. The van der Waals surface area contributed by atoms with Gasteiger partial charge in [-0.3, -0.25) is 9.97 Å². The second-order valence-corrected chi connectivity index (χ2v) is 8.62. The molecule has 0 saturated heterocycles. The minimum atomic E-state index is 0.892. The first-order chi connectivity index (χ1) is 15.6. The van der Waals surface area contributed by atoms with E-state index in [1.807, 2.05) is 0 Å². The van der Waals surface area contributed by atoms with Crippen LogP contribution in [0.5, 0.6) is 0 Å². The lowest BCUT2D eigenvalue weighted by atomic mass is 9.94. The van der Waals surface area contributed by atoms with Crippen molar-refractivity contribution in [2.24, 2.45) is 0 Å². The minimum Gasteiger partial charge on any atom is -0.251 e. The van der Waals surface area contributed by atoms with Crippen LogP contribution in [-0.4, -0.2) is 9.97 Å². The van der Waals surface area contributed by atoms with Crippen LogP contribution in [0, 0.1) is 13.8 Å². The van der Waals surface area contributed by atoms with Gasteiger partial charge in [0.1, 0.15) is 0 Å². The van der Waals surface area contributed by atoms with Crippen LogP contribution in [0.4, 0.5) is 0 Å². The molecule has 0 aliphatic rings. The summed E-state index contributed by atoms with van der Waals surface area (Å²) in [5.74, 6) is 0. The van der Waals surface area contributed by atoms with Crippen molar-refractivity contribution in [3.63, 3.8) is 0 Å². The molecule has 0 fully saturated rings. The Morgan fingerprint density at radius 2 is 0.906 bits per heavy atom. The SMILES string of the molecule is CCc1cc(-c2ccc(C)cc2)c2ccc3c(-c4ccc(C)cc4)cc(CC)nc3c2n1. The average Bonchev–Trinajstić information content (AvgIpc) is 2.83. The maximum atomic E-state index is 5.09. The Balaban J connectivity index is 1.86. The molecule has 5 rings (SSSR count). The number of hydrogen-bond acceptors (Lipinski definition) is 2. The van der Waals surface area contributed by atoms with Gasteiger partial charge in [0.05, 0.1) is 11.0 Å². The Morgan fingerprint density at radius 1 is 0.531 bits per heavy atom. The van der Waals surface area contributed by atoms with Gasteiger partial charge in [-0.1, -0.05) is 85.6 Å². The molecule has 2 nitrogen and oxygen atoms in total. The molecule has 0 aliphatic heterocycles. The Bertz CT molecular complexity index is 1320. The van der Waals surface area contributed by atoms with Gasteiger partial charge in [-0.25, -0.2) is 0 Å². The lowest BCUT2D eigenvalue weighted by Gasteiger charge is -2.14. The summed E-state index contributed by atoms with van der Waals surface area (Å²) >= 11 is 0. The van der Waals surface area contributed by atoms with Gasteiger partial charge in [-0.05, 0) is 61.1 Å². The molecule has 0 atom stereocenters. The lowest BCUT2D eigenvalue weighted by Crippen LogP contribution is -1.97. The Labute approximate surface area is 190 Å². The summed E-state index contributed by atoms with van der Waals surface area (Å²) in [7, 11) is 0. The molecule has 0 saturated carbocycles. The molecule has 2 aromatic heterocycles. The summed E-state index contributed by atoms with van der Waals surface area (Å²) in [5.41, 5.74) is 11.6. The number of hydrogen-bond donors (Lipinski definition) is 0. The second-order valence-electron chi connectivity index (χ2n) is 8.62. The van der Waals surface area contributed by atoms with Gasteiger partial charge in [-0.2, -0.15) is 0 Å². The standard InChI is InChI=1S/C30H28N2/c1-5-23-17-27(21-11-7-19(3)8-12-21)25-15-16-26-28(22-13-9-20(4)10-14-22)18-24(6-2)32-30(26)29(25)31-23/h7-18H,5-6H2,1-4H3. The molecule has 0 aliphatic carbocycles. The fraction of sp³-hybridized carbons (Fsp3) is 0.200. The quantitative estimate of drug-likeness (QED) is 0.279. The van der Waals surface area contributed by atoms with E-state index in [4.69, 9.17) is 9.97 Å². The summed E-state index contributed by atoms with van der Waals surface area (Å²) in [6, 6.07) is 26.5. The van der Waals surface area contributed by atoms with Gasteiger partial charge >= 0.3 is 0 Å². The third kappa shape index (κ3) is 3.56. The molecule has 0 unspecified atom stereocenters. The van der Waals surface area contributed by atoms with Crippen LogP contribution in [0.2, 0.25) is 0 Å². The van der Waals surface area contributed by atoms with Crippen molar-refractivity contribution in [1.29, 1.82) is 0 Å². The van der Waals surface area contributed by atoms with Gasteiger partial charge in [0.2, 0.25) is 0 Å². The maximum absolute atomic E-state index is 5.09. The van der Waals surface area contributed by atoms with E-state index in [2.05, 4.69) is 100 Å². The van der Waals surface area contributed by atoms with Crippen molar-refractivity contribution in [3.05, 3.63) is 95.3 Å². The number of aryl methyl sites for hydroxylation is 4.